The average Bonchev–Trinajstić information content (AvgIpc) is 2.82. The summed E-state index contributed by atoms with van der Waals surface area (Å²) in [7, 11) is 0. The van der Waals surface area contributed by atoms with E-state index >= 15 is 0 Å². The first kappa shape index (κ1) is 13.8. The molecule has 5 heteroatoms. The van der Waals surface area contributed by atoms with Gasteiger partial charge in [-0.25, -0.2) is 4.98 Å². The van der Waals surface area contributed by atoms with E-state index in [0.717, 1.165) is 30.9 Å². The fourth-order valence-corrected chi connectivity index (χ4v) is 2.54. The van der Waals surface area contributed by atoms with Crippen molar-refractivity contribution in [2.75, 3.05) is 17.2 Å². The summed E-state index contributed by atoms with van der Waals surface area (Å²) in [5, 5.41) is 8.72. The molecule has 0 saturated carbocycles. The number of nitrogens with one attached hydrogen (secondary N) is 2. The zero-order chi connectivity index (χ0) is 13.7. The third-order valence-corrected chi connectivity index (χ3v) is 3.91. The molecular formula is C14H20N4S. The first-order chi connectivity index (χ1) is 9.20. The number of rotatable bonds is 6. The average molecular weight is 276 g/mol. The molecule has 0 aliphatic rings. The van der Waals surface area contributed by atoms with E-state index in [1.165, 1.54) is 10.4 Å². The third kappa shape index (κ3) is 3.67. The van der Waals surface area contributed by atoms with E-state index in [0.29, 0.717) is 5.95 Å². The maximum absolute atomic E-state index is 4.51. The Labute approximate surface area is 118 Å². The van der Waals surface area contributed by atoms with E-state index < -0.39 is 0 Å². The van der Waals surface area contributed by atoms with E-state index in [1.54, 1.807) is 11.3 Å². The molecule has 2 aromatic heterocycles. The van der Waals surface area contributed by atoms with Crippen LogP contribution in [0.15, 0.2) is 17.6 Å². The molecule has 0 radical (unpaired) electrons. The normalized spacial score (nSPS) is 10.5. The number of thiophene rings is 1. The Bertz CT molecular complexity index is 536. The van der Waals surface area contributed by atoms with Gasteiger partial charge in [0.2, 0.25) is 5.95 Å². The van der Waals surface area contributed by atoms with Crippen molar-refractivity contribution < 1.29 is 0 Å². The Morgan fingerprint density at radius 2 is 2.05 bits per heavy atom. The highest BCUT2D eigenvalue weighted by Gasteiger charge is 2.05. The van der Waals surface area contributed by atoms with Gasteiger partial charge < -0.3 is 10.6 Å². The van der Waals surface area contributed by atoms with Crippen LogP contribution in [0.3, 0.4) is 0 Å². The fraction of sp³-hybridized carbons (Fsp3) is 0.429. The summed E-state index contributed by atoms with van der Waals surface area (Å²) in [4.78, 5) is 10.1. The Morgan fingerprint density at radius 3 is 2.74 bits per heavy atom. The minimum absolute atomic E-state index is 0.692. The molecule has 102 valence electrons. The SMILES string of the molecule is CCCNc1ncc(C)c(NCc2sccc2C)n1. The summed E-state index contributed by atoms with van der Waals surface area (Å²) < 4.78 is 0. The molecule has 19 heavy (non-hydrogen) atoms. The van der Waals surface area contributed by atoms with Gasteiger partial charge in [-0.15, -0.1) is 11.3 Å². The van der Waals surface area contributed by atoms with Crippen molar-refractivity contribution in [3.63, 3.8) is 0 Å². The molecule has 0 spiro atoms. The van der Waals surface area contributed by atoms with Gasteiger partial charge in [0.1, 0.15) is 5.82 Å². The smallest absolute Gasteiger partial charge is 0.224 e. The van der Waals surface area contributed by atoms with Crippen molar-refractivity contribution in [2.45, 2.75) is 33.7 Å². The number of hydrogen-bond donors (Lipinski definition) is 2. The second kappa shape index (κ2) is 6.52. The molecule has 0 aliphatic carbocycles. The number of anilines is 2. The van der Waals surface area contributed by atoms with Crippen LogP contribution in [-0.4, -0.2) is 16.5 Å². The third-order valence-electron chi connectivity index (χ3n) is 2.89. The van der Waals surface area contributed by atoms with Gasteiger partial charge in [-0.3, -0.25) is 0 Å². The Kier molecular flexibility index (Phi) is 4.74. The van der Waals surface area contributed by atoms with Gasteiger partial charge in [-0.2, -0.15) is 4.98 Å². The predicted octanol–water partition coefficient (Wildman–Crippen LogP) is 3.59. The van der Waals surface area contributed by atoms with Crippen LogP contribution >= 0.6 is 11.3 Å². The van der Waals surface area contributed by atoms with Gasteiger partial charge in [0.15, 0.2) is 0 Å². The van der Waals surface area contributed by atoms with Crippen molar-refractivity contribution in [2.24, 2.45) is 0 Å². The van der Waals surface area contributed by atoms with Gasteiger partial charge >= 0.3 is 0 Å². The lowest BCUT2D eigenvalue weighted by Gasteiger charge is -2.10. The minimum atomic E-state index is 0.692. The van der Waals surface area contributed by atoms with Crippen LogP contribution in [0.25, 0.3) is 0 Å². The van der Waals surface area contributed by atoms with Crippen LogP contribution in [0.5, 0.6) is 0 Å². The minimum Gasteiger partial charge on any atom is -0.365 e. The van der Waals surface area contributed by atoms with Crippen molar-refractivity contribution >= 4 is 23.1 Å². The topological polar surface area (TPSA) is 49.8 Å². The fourth-order valence-electron chi connectivity index (χ4n) is 1.69. The van der Waals surface area contributed by atoms with Crippen LogP contribution in [0.1, 0.15) is 29.3 Å². The second-order valence-electron chi connectivity index (χ2n) is 4.53. The van der Waals surface area contributed by atoms with Gasteiger partial charge in [0.05, 0.1) is 6.54 Å². The maximum atomic E-state index is 4.51. The van der Waals surface area contributed by atoms with Crippen LogP contribution in [0.2, 0.25) is 0 Å². The zero-order valence-corrected chi connectivity index (χ0v) is 12.5. The second-order valence-corrected chi connectivity index (χ2v) is 5.53. The molecule has 0 aliphatic heterocycles. The van der Waals surface area contributed by atoms with Gasteiger partial charge in [0, 0.05) is 23.2 Å². The lowest BCUT2D eigenvalue weighted by Crippen LogP contribution is -2.08. The maximum Gasteiger partial charge on any atom is 0.224 e. The summed E-state index contributed by atoms with van der Waals surface area (Å²) >= 11 is 1.77. The number of aromatic nitrogens is 2. The molecule has 2 aromatic rings. The monoisotopic (exact) mass is 276 g/mol. The highest BCUT2D eigenvalue weighted by molar-refractivity contribution is 7.10. The molecule has 0 bridgehead atoms. The summed E-state index contributed by atoms with van der Waals surface area (Å²) in [6.07, 6.45) is 2.92. The van der Waals surface area contributed by atoms with E-state index in [2.05, 4.69) is 45.9 Å². The molecule has 2 N–H and O–H groups in total. The molecule has 0 atom stereocenters. The molecule has 2 rings (SSSR count). The van der Waals surface area contributed by atoms with E-state index in [4.69, 9.17) is 0 Å². The molecular weight excluding hydrogens is 256 g/mol. The van der Waals surface area contributed by atoms with Crippen molar-refractivity contribution in [3.05, 3.63) is 33.6 Å². The summed E-state index contributed by atoms with van der Waals surface area (Å²) in [6.45, 7) is 7.99. The highest BCUT2D eigenvalue weighted by atomic mass is 32.1. The molecule has 0 amide bonds. The van der Waals surface area contributed by atoms with Gasteiger partial charge in [-0.1, -0.05) is 6.92 Å². The molecule has 0 fully saturated rings. The summed E-state index contributed by atoms with van der Waals surface area (Å²) in [5.74, 6) is 1.60. The number of nitrogens with zero attached hydrogens (tertiary/aromatic N) is 2. The number of aryl methyl sites for hydroxylation is 2. The quantitative estimate of drug-likeness (QED) is 0.846. The standard InChI is InChI=1S/C14H20N4S/c1-4-6-15-14-17-8-11(3)13(18-14)16-9-12-10(2)5-7-19-12/h5,7-8H,4,6,9H2,1-3H3,(H2,15,16,17,18). The van der Waals surface area contributed by atoms with Gasteiger partial charge in [-0.05, 0) is 37.3 Å². The zero-order valence-electron chi connectivity index (χ0n) is 11.7. The van der Waals surface area contributed by atoms with E-state index in [9.17, 15) is 0 Å². The van der Waals surface area contributed by atoms with Crippen molar-refractivity contribution in [1.82, 2.24) is 9.97 Å². The first-order valence-corrected chi connectivity index (χ1v) is 7.43. The first-order valence-electron chi connectivity index (χ1n) is 6.55. The Hall–Kier alpha value is -1.62. The van der Waals surface area contributed by atoms with Crippen molar-refractivity contribution in [1.29, 1.82) is 0 Å². The lowest BCUT2D eigenvalue weighted by molar-refractivity contribution is 0.947. The largest absolute Gasteiger partial charge is 0.365 e. The molecule has 0 unspecified atom stereocenters. The van der Waals surface area contributed by atoms with Crippen molar-refractivity contribution in [3.8, 4) is 0 Å². The van der Waals surface area contributed by atoms with Gasteiger partial charge in [0.25, 0.3) is 0 Å². The molecule has 0 aromatic carbocycles. The van der Waals surface area contributed by atoms with E-state index in [1.807, 2.05) is 13.1 Å². The van der Waals surface area contributed by atoms with E-state index in [-0.39, 0.29) is 0 Å². The summed E-state index contributed by atoms with van der Waals surface area (Å²) in [6, 6.07) is 2.14. The lowest BCUT2D eigenvalue weighted by atomic mass is 10.3. The van der Waals surface area contributed by atoms with Crippen LogP contribution in [0.4, 0.5) is 11.8 Å². The Balaban J connectivity index is 2.04. The highest BCUT2D eigenvalue weighted by Crippen LogP contribution is 2.19. The van der Waals surface area contributed by atoms with Crippen LogP contribution < -0.4 is 10.6 Å². The molecule has 0 saturated heterocycles. The summed E-state index contributed by atoms with van der Waals surface area (Å²) in [5.41, 5.74) is 2.39. The van der Waals surface area contributed by atoms with Crippen LogP contribution in [-0.2, 0) is 6.54 Å². The number of hydrogen-bond acceptors (Lipinski definition) is 5. The predicted molar refractivity (Wildman–Crippen MR) is 81.9 cm³/mol. The molecule has 4 nitrogen and oxygen atoms in total. The molecule has 2 heterocycles. The van der Waals surface area contributed by atoms with Crippen LogP contribution in [0, 0.1) is 13.8 Å². The Morgan fingerprint density at radius 1 is 1.21 bits per heavy atom.